The van der Waals surface area contributed by atoms with Crippen molar-refractivity contribution in [1.29, 1.82) is 5.26 Å². The molecule has 2 N–H and O–H groups in total. The van der Waals surface area contributed by atoms with Crippen molar-refractivity contribution < 1.29 is 9.72 Å². The second-order valence-corrected chi connectivity index (χ2v) is 8.33. The molecule has 0 radical (unpaired) electrons. The van der Waals surface area contributed by atoms with Gasteiger partial charge >= 0.3 is 0 Å². The molecule has 0 spiro atoms. The third-order valence-electron chi connectivity index (χ3n) is 4.23. The van der Waals surface area contributed by atoms with Crippen LogP contribution in [0.4, 0.5) is 10.8 Å². The number of H-pyrrole nitrogens is 1. The molecule has 32 heavy (non-hydrogen) atoms. The molecule has 2 aromatic heterocycles. The molecule has 12 heteroatoms. The minimum absolute atomic E-state index is 0.0559. The van der Waals surface area contributed by atoms with E-state index < -0.39 is 16.4 Å². The molecule has 0 saturated heterocycles. The number of nitrogens with one attached hydrogen (secondary N) is 2. The highest BCUT2D eigenvalue weighted by Gasteiger charge is 2.16. The summed E-state index contributed by atoms with van der Waals surface area (Å²) < 4.78 is 0.577. The van der Waals surface area contributed by atoms with E-state index in [9.17, 15) is 25.0 Å². The number of aromatic amines is 1. The third-order valence-corrected chi connectivity index (χ3v) is 6.03. The number of amides is 1. The number of fused-ring (bicyclic) bond motifs is 1. The maximum absolute atomic E-state index is 12.4. The molecule has 0 bridgehead atoms. The van der Waals surface area contributed by atoms with Crippen LogP contribution in [0.1, 0.15) is 5.56 Å². The van der Waals surface area contributed by atoms with Crippen molar-refractivity contribution in [3.8, 4) is 17.3 Å². The van der Waals surface area contributed by atoms with Crippen LogP contribution in [0.15, 0.2) is 58.5 Å². The predicted molar refractivity (Wildman–Crippen MR) is 121 cm³/mol. The number of nitriles is 1. The predicted octanol–water partition coefficient (Wildman–Crippen LogP) is 3.56. The lowest BCUT2D eigenvalue weighted by Crippen LogP contribution is -2.17. The Bertz CT molecular complexity index is 1440. The summed E-state index contributed by atoms with van der Waals surface area (Å²) in [6.07, 6.45) is 0. The molecule has 0 aliphatic rings. The zero-order chi connectivity index (χ0) is 22.7. The number of rotatable bonds is 6. The van der Waals surface area contributed by atoms with E-state index in [-0.39, 0.29) is 27.9 Å². The first-order valence-corrected chi connectivity index (χ1v) is 10.8. The van der Waals surface area contributed by atoms with Crippen LogP contribution in [0.5, 0.6) is 0 Å². The number of anilines is 1. The molecular weight excluding hydrogens is 452 g/mol. The van der Waals surface area contributed by atoms with E-state index in [2.05, 4.69) is 20.3 Å². The fourth-order valence-corrected chi connectivity index (χ4v) is 4.37. The summed E-state index contributed by atoms with van der Waals surface area (Å²) in [7, 11) is 0. The summed E-state index contributed by atoms with van der Waals surface area (Å²) in [6.45, 7) is 0. The second kappa shape index (κ2) is 8.96. The maximum Gasteiger partial charge on any atom is 0.270 e. The Hall–Kier alpha value is -4.08. The lowest BCUT2D eigenvalue weighted by molar-refractivity contribution is -0.384. The van der Waals surface area contributed by atoms with Crippen molar-refractivity contribution in [3.63, 3.8) is 0 Å². The van der Waals surface area contributed by atoms with Crippen LogP contribution in [0.3, 0.4) is 0 Å². The van der Waals surface area contributed by atoms with E-state index in [1.165, 1.54) is 18.2 Å². The van der Waals surface area contributed by atoms with Crippen molar-refractivity contribution in [1.82, 2.24) is 15.0 Å². The average molecular weight is 464 g/mol. The summed E-state index contributed by atoms with van der Waals surface area (Å²) in [4.78, 5) is 46.1. The van der Waals surface area contributed by atoms with E-state index in [0.717, 1.165) is 23.1 Å². The Balaban J connectivity index is 1.49. The van der Waals surface area contributed by atoms with Gasteiger partial charge in [0.2, 0.25) is 5.91 Å². The number of hydrogen-bond donors (Lipinski definition) is 2. The van der Waals surface area contributed by atoms with E-state index in [4.69, 9.17) is 0 Å². The molecular formula is C20H12N6O4S2. The van der Waals surface area contributed by atoms with E-state index in [1.54, 1.807) is 24.3 Å². The van der Waals surface area contributed by atoms with Crippen LogP contribution in [-0.4, -0.2) is 31.5 Å². The molecule has 0 fully saturated rings. The van der Waals surface area contributed by atoms with Gasteiger partial charge in [-0.15, -0.1) is 0 Å². The summed E-state index contributed by atoms with van der Waals surface area (Å²) in [5, 5.41) is 23.4. The van der Waals surface area contributed by atoms with Gasteiger partial charge in [0.05, 0.1) is 26.6 Å². The molecule has 0 atom stereocenters. The Labute approximate surface area is 188 Å². The smallest absolute Gasteiger partial charge is 0.270 e. The number of nitrogens with zero attached hydrogens (tertiary/aromatic N) is 4. The molecule has 4 rings (SSSR count). The quantitative estimate of drug-likeness (QED) is 0.190. The highest BCUT2D eigenvalue weighted by atomic mass is 32.2. The average Bonchev–Trinajstić information content (AvgIpc) is 3.19. The summed E-state index contributed by atoms with van der Waals surface area (Å²) in [5.41, 5.74) is 0.650. The van der Waals surface area contributed by atoms with Crippen molar-refractivity contribution in [2.75, 3.05) is 11.1 Å². The number of thiazole rings is 1. The number of hydrogen-bond acceptors (Lipinski definition) is 9. The van der Waals surface area contributed by atoms with Gasteiger partial charge in [-0.1, -0.05) is 53.4 Å². The molecule has 158 valence electrons. The van der Waals surface area contributed by atoms with Crippen LogP contribution < -0.4 is 10.9 Å². The maximum atomic E-state index is 12.4. The second-order valence-electron chi connectivity index (χ2n) is 6.34. The third kappa shape index (κ3) is 4.48. The van der Waals surface area contributed by atoms with Gasteiger partial charge < -0.3 is 10.3 Å². The Kier molecular flexibility index (Phi) is 5.93. The van der Waals surface area contributed by atoms with Gasteiger partial charge in [-0.25, -0.2) is 9.97 Å². The minimum atomic E-state index is -0.586. The molecule has 0 unspecified atom stereocenters. The number of benzene rings is 2. The molecule has 0 saturated carbocycles. The van der Waals surface area contributed by atoms with Gasteiger partial charge in [-0.2, -0.15) is 5.26 Å². The van der Waals surface area contributed by atoms with Gasteiger partial charge in [0.25, 0.3) is 11.2 Å². The van der Waals surface area contributed by atoms with Crippen molar-refractivity contribution in [2.24, 2.45) is 0 Å². The first-order valence-electron chi connectivity index (χ1n) is 9.02. The highest BCUT2D eigenvalue weighted by molar-refractivity contribution is 7.99. The summed E-state index contributed by atoms with van der Waals surface area (Å²) >= 11 is 2.12. The fraction of sp³-hybridized carbons (Fsp3) is 0.0500. The number of carbonyl (C=O) groups excluding carboxylic acids is 1. The van der Waals surface area contributed by atoms with Crippen LogP contribution in [0.2, 0.25) is 0 Å². The summed E-state index contributed by atoms with van der Waals surface area (Å²) in [6, 6.07) is 15.0. The molecule has 1 amide bonds. The van der Waals surface area contributed by atoms with Gasteiger partial charge in [-0.05, 0) is 6.07 Å². The SMILES string of the molecule is N#Cc1c(-c2ccccc2)nc(SCC(=O)Nc2nc3ccc([N+](=O)[O-])cc3s2)[nH]c1=O. The largest absolute Gasteiger partial charge is 0.301 e. The normalized spacial score (nSPS) is 10.6. The topological polar surface area (TPSA) is 155 Å². The van der Waals surface area contributed by atoms with Crippen molar-refractivity contribution in [2.45, 2.75) is 5.16 Å². The lowest BCUT2D eigenvalue weighted by Gasteiger charge is -2.06. The monoisotopic (exact) mass is 464 g/mol. The van der Waals surface area contributed by atoms with Gasteiger partial charge in [0.15, 0.2) is 10.3 Å². The number of non-ortho nitro benzene ring substituents is 1. The van der Waals surface area contributed by atoms with E-state index in [0.29, 0.717) is 20.9 Å². The zero-order valence-electron chi connectivity index (χ0n) is 16.1. The number of carbonyl (C=O) groups is 1. The molecule has 2 heterocycles. The lowest BCUT2D eigenvalue weighted by atomic mass is 10.1. The molecule has 10 nitrogen and oxygen atoms in total. The Morgan fingerprint density at radius 1 is 1.25 bits per heavy atom. The molecule has 0 aliphatic heterocycles. The standard InChI is InChI=1S/C20H12N6O4S2/c21-9-13-17(11-4-2-1-3-5-11)24-19(25-18(13)28)31-10-16(27)23-20-22-14-7-6-12(26(29)30)8-15(14)32-20/h1-8H,10H2,(H,22,23,27)(H,24,25,28). The number of thioether (sulfide) groups is 1. The van der Waals surface area contributed by atoms with Gasteiger partial charge in [0, 0.05) is 17.7 Å². The first kappa shape index (κ1) is 21.2. The minimum Gasteiger partial charge on any atom is -0.301 e. The zero-order valence-corrected chi connectivity index (χ0v) is 17.7. The van der Waals surface area contributed by atoms with Crippen LogP contribution in [0, 0.1) is 21.4 Å². The summed E-state index contributed by atoms with van der Waals surface area (Å²) in [5.74, 6) is -0.462. The Morgan fingerprint density at radius 3 is 2.75 bits per heavy atom. The van der Waals surface area contributed by atoms with Gasteiger partial charge in [0.1, 0.15) is 11.6 Å². The fourth-order valence-electron chi connectivity index (χ4n) is 2.80. The van der Waals surface area contributed by atoms with Crippen molar-refractivity contribution in [3.05, 3.63) is 74.6 Å². The van der Waals surface area contributed by atoms with E-state index in [1.807, 2.05) is 12.1 Å². The Morgan fingerprint density at radius 2 is 2.03 bits per heavy atom. The molecule has 2 aromatic carbocycles. The highest BCUT2D eigenvalue weighted by Crippen LogP contribution is 2.29. The van der Waals surface area contributed by atoms with Crippen LogP contribution in [-0.2, 0) is 4.79 Å². The van der Waals surface area contributed by atoms with Gasteiger partial charge in [-0.3, -0.25) is 19.7 Å². The van der Waals surface area contributed by atoms with Crippen molar-refractivity contribution >= 4 is 50.0 Å². The molecule has 4 aromatic rings. The first-order chi connectivity index (χ1) is 15.4. The van der Waals surface area contributed by atoms with E-state index >= 15 is 0 Å². The number of aromatic nitrogens is 3. The molecule has 0 aliphatic carbocycles. The van der Waals surface area contributed by atoms with Crippen LogP contribution >= 0.6 is 23.1 Å². The van der Waals surface area contributed by atoms with Crippen LogP contribution in [0.25, 0.3) is 21.5 Å². The number of nitro groups is 1. The number of nitro benzene ring substituents is 1.